The predicted octanol–water partition coefficient (Wildman–Crippen LogP) is 4.76. The number of aromatic nitrogens is 1. The number of fused-ring (bicyclic) bond motifs is 1. The van der Waals surface area contributed by atoms with Gasteiger partial charge in [-0.15, -0.1) is 0 Å². The van der Waals surface area contributed by atoms with Gasteiger partial charge >= 0.3 is 0 Å². The van der Waals surface area contributed by atoms with Crippen LogP contribution in [0.15, 0.2) is 60.8 Å². The quantitative estimate of drug-likeness (QED) is 0.186. The van der Waals surface area contributed by atoms with Gasteiger partial charge in [-0.2, -0.15) is 0 Å². The average Bonchev–Trinajstić information content (AvgIpc) is 2.86. The smallest absolute Gasteiger partial charge is 0.243 e. The summed E-state index contributed by atoms with van der Waals surface area (Å²) in [7, 11) is 0. The fraction of sp³-hybridized carbons (Fsp3) is 0.308. The van der Waals surface area contributed by atoms with Gasteiger partial charge in [0.05, 0.1) is 17.1 Å². The van der Waals surface area contributed by atoms with Crippen LogP contribution in [0.2, 0.25) is 0 Å². The van der Waals surface area contributed by atoms with Crippen LogP contribution >= 0.6 is 0 Å². The number of carbonyl (C=O) groups is 3. The minimum Gasteiger partial charge on any atom is -0.326 e. The van der Waals surface area contributed by atoms with Crippen molar-refractivity contribution in [2.75, 3.05) is 10.6 Å². The highest BCUT2D eigenvalue weighted by molar-refractivity contribution is 6.02. The largest absolute Gasteiger partial charge is 0.326 e. The molecule has 0 aliphatic carbocycles. The van der Waals surface area contributed by atoms with Crippen molar-refractivity contribution >= 4 is 40.0 Å². The third-order valence-corrected chi connectivity index (χ3v) is 5.66. The number of hydrogen-bond donors (Lipinski definition) is 4. The molecule has 1 atom stereocenters. The maximum absolute atomic E-state index is 12.8. The van der Waals surface area contributed by atoms with Gasteiger partial charge in [0.1, 0.15) is 0 Å². The van der Waals surface area contributed by atoms with Gasteiger partial charge in [0, 0.05) is 30.1 Å². The molecule has 8 heteroatoms. The van der Waals surface area contributed by atoms with Crippen LogP contribution in [-0.4, -0.2) is 27.9 Å². The molecule has 3 aromatic rings. The zero-order valence-corrected chi connectivity index (χ0v) is 19.2. The summed E-state index contributed by atoms with van der Waals surface area (Å²) in [6.45, 7) is 1.84. The number of nitrogens with zero attached hydrogens (tertiary/aromatic N) is 1. The first-order valence-electron chi connectivity index (χ1n) is 11.5. The van der Waals surface area contributed by atoms with E-state index in [0.717, 1.165) is 35.7 Å². The molecule has 1 unspecified atom stereocenters. The van der Waals surface area contributed by atoms with E-state index in [2.05, 4.69) is 15.6 Å². The molecule has 178 valence electrons. The number of hydrogen-bond acceptors (Lipinski definition) is 5. The van der Waals surface area contributed by atoms with Crippen LogP contribution < -0.4 is 16.1 Å². The van der Waals surface area contributed by atoms with Crippen molar-refractivity contribution in [3.63, 3.8) is 0 Å². The zero-order valence-electron chi connectivity index (χ0n) is 19.2. The number of amides is 3. The van der Waals surface area contributed by atoms with E-state index < -0.39 is 5.91 Å². The summed E-state index contributed by atoms with van der Waals surface area (Å²) in [6.07, 6.45) is 5.45. The molecule has 1 aromatic heterocycles. The Morgan fingerprint density at radius 1 is 0.853 bits per heavy atom. The van der Waals surface area contributed by atoms with Gasteiger partial charge in [-0.05, 0) is 49.6 Å². The van der Waals surface area contributed by atoms with E-state index in [4.69, 9.17) is 5.21 Å². The number of benzene rings is 2. The van der Waals surface area contributed by atoms with Crippen molar-refractivity contribution in [2.45, 2.75) is 51.4 Å². The summed E-state index contributed by atoms with van der Waals surface area (Å²) in [5, 5.41) is 15.2. The Kier molecular flexibility index (Phi) is 9.11. The fourth-order valence-electron chi connectivity index (χ4n) is 3.66. The van der Waals surface area contributed by atoms with Gasteiger partial charge in [0.25, 0.3) is 0 Å². The monoisotopic (exact) mass is 462 g/mol. The highest BCUT2D eigenvalue weighted by Crippen LogP contribution is 2.24. The topological polar surface area (TPSA) is 120 Å². The lowest BCUT2D eigenvalue weighted by Crippen LogP contribution is -2.19. The second-order valence-electron chi connectivity index (χ2n) is 8.21. The molecule has 0 bridgehead atoms. The van der Waals surface area contributed by atoms with Crippen molar-refractivity contribution in [2.24, 2.45) is 0 Å². The SMILES string of the molecule is CC(C(=O)Nc1cccc2cccnc12)c1ccc(NC(=O)CCCCCCC(=O)NO)cc1. The van der Waals surface area contributed by atoms with Crippen LogP contribution in [0.4, 0.5) is 11.4 Å². The van der Waals surface area contributed by atoms with E-state index in [9.17, 15) is 14.4 Å². The molecule has 0 saturated carbocycles. The van der Waals surface area contributed by atoms with Gasteiger partial charge < -0.3 is 10.6 Å². The lowest BCUT2D eigenvalue weighted by atomic mass is 9.99. The Morgan fingerprint density at radius 3 is 2.24 bits per heavy atom. The van der Waals surface area contributed by atoms with Crippen LogP contribution in [0.1, 0.15) is 56.9 Å². The van der Waals surface area contributed by atoms with Crippen LogP contribution in [0.5, 0.6) is 0 Å². The Morgan fingerprint density at radius 2 is 1.53 bits per heavy atom. The molecule has 2 aromatic carbocycles. The van der Waals surface area contributed by atoms with Gasteiger partial charge in [-0.1, -0.05) is 43.2 Å². The molecule has 0 saturated heterocycles. The fourth-order valence-corrected chi connectivity index (χ4v) is 3.66. The minimum atomic E-state index is -0.390. The van der Waals surface area contributed by atoms with E-state index in [1.54, 1.807) is 23.8 Å². The van der Waals surface area contributed by atoms with E-state index in [1.807, 2.05) is 49.4 Å². The molecule has 0 radical (unpaired) electrons. The third-order valence-electron chi connectivity index (χ3n) is 5.66. The molecule has 3 rings (SSSR count). The molecule has 0 spiro atoms. The van der Waals surface area contributed by atoms with Crippen LogP contribution in [0.25, 0.3) is 10.9 Å². The number of hydroxylamine groups is 1. The molecule has 0 aliphatic heterocycles. The maximum atomic E-state index is 12.8. The number of carbonyl (C=O) groups excluding carboxylic acids is 3. The Labute approximate surface area is 198 Å². The number of pyridine rings is 1. The first-order chi connectivity index (χ1) is 16.5. The zero-order chi connectivity index (χ0) is 24.3. The van der Waals surface area contributed by atoms with Crippen molar-refractivity contribution in [3.8, 4) is 0 Å². The standard InChI is InChI=1S/C26H30N4O4/c1-18(26(33)29-22-10-6-8-20-9-7-17-27-25(20)22)19-13-15-21(16-14-19)28-23(31)11-4-2-3-5-12-24(32)30-34/h6-10,13-18,34H,2-5,11-12H2,1H3,(H,28,31)(H,29,33)(H,30,32). The predicted molar refractivity (Wildman–Crippen MR) is 131 cm³/mol. The normalized spacial score (nSPS) is 11.6. The molecule has 1 heterocycles. The van der Waals surface area contributed by atoms with E-state index in [1.165, 1.54) is 0 Å². The highest BCUT2D eigenvalue weighted by Gasteiger charge is 2.17. The van der Waals surface area contributed by atoms with E-state index in [-0.39, 0.29) is 24.2 Å². The van der Waals surface area contributed by atoms with Gasteiger partial charge in [0.2, 0.25) is 17.7 Å². The maximum Gasteiger partial charge on any atom is 0.243 e. The first kappa shape index (κ1) is 24.9. The summed E-state index contributed by atoms with van der Waals surface area (Å²) in [6, 6.07) is 16.8. The second kappa shape index (κ2) is 12.5. The van der Waals surface area contributed by atoms with Gasteiger partial charge in [0.15, 0.2) is 0 Å². The number of para-hydroxylation sites is 1. The van der Waals surface area contributed by atoms with Gasteiger partial charge in [-0.25, -0.2) is 5.48 Å². The minimum absolute atomic E-state index is 0.0740. The average molecular weight is 463 g/mol. The summed E-state index contributed by atoms with van der Waals surface area (Å²) in [5.41, 5.74) is 4.56. The Bertz CT molecular complexity index is 1130. The van der Waals surface area contributed by atoms with Crippen LogP contribution in [-0.2, 0) is 14.4 Å². The summed E-state index contributed by atoms with van der Waals surface area (Å²) < 4.78 is 0. The first-order valence-corrected chi connectivity index (χ1v) is 11.5. The van der Waals surface area contributed by atoms with Crippen molar-refractivity contribution in [3.05, 3.63) is 66.4 Å². The van der Waals surface area contributed by atoms with Crippen LogP contribution in [0.3, 0.4) is 0 Å². The lowest BCUT2D eigenvalue weighted by Gasteiger charge is -2.14. The number of nitrogens with one attached hydrogen (secondary N) is 3. The molecule has 0 aliphatic rings. The second-order valence-corrected chi connectivity index (χ2v) is 8.21. The molecular weight excluding hydrogens is 432 g/mol. The van der Waals surface area contributed by atoms with Crippen molar-refractivity contribution in [1.82, 2.24) is 10.5 Å². The summed E-state index contributed by atoms with van der Waals surface area (Å²) in [4.78, 5) is 40.3. The van der Waals surface area contributed by atoms with Gasteiger partial charge in [-0.3, -0.25) is 24.6 Å². The Hall–Kier alpha value is -3.78. The molecule has 4 N–H and O–H groups in total. The van der Waals surface area contributed by atoms with Crippen molar-refractivity contribution < 1.29 is 19.6 Å². The number of anilines is 2. The van der Waals surface area contributed by atoms with Crippen LogP contribution in [0, 0.1) is 0 Å². The van der Waals surface area contributed by atoms with E-state index >= 15 is 0 Å². The molecular formula is C26H30N4O4. The molecule has 3 amide bonds. The van der Waals surface area contributed by atoms with E-state index in [0.29, 0.717) is 24.2 Å². The summed E-state index contributed by atoms with van der Waals surface area (Å²) in [5.74, 6) is -0.975. The number of unbranched alkanes of at least 4 members (excludes halogenated alkanes) is 3. The van der Waals surface area contributed by atoms with Crippen molar-refractivity contribution in [1.29, 1.82) is 0 Å². The molecule has 8 nitrogen and oxygen atoms in total. The lowest BCUT2D eigenvalue weighted by molar-refractivity contribution is -0.129. The number of rotatable bonds is 11. The molecule has 0 fully saturated rings. The summed E-state index contributed by atoms with van der Waals surface area (Å²) >= 11 is 0. The molecule has 34 heavy (non-hydrogen) atoms. The highest BCUT2D eigenvalue weighted by atomic mass is 16.5. The third kappa shape index (κ3) is 7.11. The Balaban J connectivity index is 1.46.